The molecule has 108 valence electrons. The fourth-order valence-corrected chi connectivity index (χ4v) is 2.82. The topological polar surface area (TPSA) is 53.1 Å². The number of nitrogens with zero attached hydrogens (tertiary/aromatic N) is 2. The maximum Gasteiger partial charge on any atom is 0.101 e. The summed E-state index contributed by atoms with van der Waals surface area (Å²) in [7, 11) is 0. The number of hydrogen-bond acceptors (Lipinski definition) is 3. The van der Waals surface area contributed by atoms with Gasteiger partial charge < -0.3 is 10.6 Å². The summed E-state index contributed by atoms with van der Waals surface area (Å²) in [6, 6.07) is 11.0. The monoisotopic (exact) mass is 271 g/mol. The van der Waals surface area contributed by atoms with E-state index < -0.39 is 5.54 Å². The van der Waals surface area contributed by atoms with Gasteiger partial charge in [-0.15, -0.1) is 0 Å². The van der Waals surface area contributed by atoms with Gasteiger partial charge in [-0.25, -0.2) is 0 Å². The molecule has 1 atom stereocenters. The molecule has 1 unspecified atom stereocenters. The van der Waals surface area contributed by atoms with E-state index in [9.17, 15) is 0 Å². The molecule has 1 aliphatic rings. The number of benzene rings is 1. The van der Waals surface area contributed by atoms with Crippen LogP contribution in [0.4, 0.5) is 0 Å². The molecule has 3 heteroatoms. The molecule has 0 aromatic heterocycles. The quantitative estimate of drug-likeness (QED) is 0.837. The number of nitrogens with two attached hydrogens (primary N) is 1. The SMILES string of the molecule is CC(N)(C#N)CCCCN1CCc2ccccc2CC1. The second kappa shape index (κ2) is 6.88. The van der Waals surface area contributed by atoms with E-state index in [4.69, 9.17) is 11.0 Å². The molecule has 1 aliphatic heterocycles. The molecule has 0 saturated heterocycles. The summed E-state index contributed by atoms with van der Waals surface area (Å²) in [5.74, 6) is 0. The van der Waals surface area contributed by atoms with Crippen molar-refractivity contribution in [1.29, 1.82) is 5.26 Å². The highest BCUT2D eigenvalue weighted by molar-refractivity contribution is 5.28. The third-order valence-corrected chi connectivity index (χ3v) is 4.19. The van der Waals surface area contributed by atoms with Gasteiger partial charge in [-0.3, -0.25) is 0 Å². The van der Waals surface area contributed by atoms with Gasteiger partial charge in [0.1, 0.15) is 5.54 Å². The van der Waals surface area contributed by atoms with E-state index in [-0.39, 0.29) is 0 Å². The standard InChI is InChI=1S/C17H25N3/c1-17(19,14-18)10-4-5-11-20-12-8-15-6-2-3-7-16(15)9-13-20/h2-3,6-7H,4-5,8-13,19H2,1H3. The van der Waals surface area contributed by atoms with Crippen molar-refractivity contribution in [2.24, 2.45) is 5.73 Å². The molecule has 1 aromatic carbocycles. The Bertz CT molecular complexity index is 446. The zero-order chi connectivity index (χ0) is 14.4. The highest BCUT2D eigenvalue weighted by Gasteiger charge is 2.17. The third-order valence-electron chi connectivity index (χ3n) is 4.19. The molecule has 1 aromatic rings. The van der Waals surface area contributed by atoms with Crippen LogP contribution < -0.4 is 5.73 Å². The Morgan fingerprint density at radius 3 is 2.35 bits per heavy atom. The maximum atomic E-state index is 8.89. The Morgan fingerprint density at radius 2 is 1.80 bits per heavy atom. The van der Waals surface area contributed by atoms with Crippen molar-refractivity contribution >= 4 is 0 Å². The van der Waals surface area contributed by atoms with Crippen molar-refractivity contribution in [3.8, 4) is 6.07 Å². The van der Waals surface area contributed by atoms with Gasteiger partial charge in [0.05, 0.1) is 6.07 Å². The van der Waals surface area contributed by atoms with Crippen LogP contribution in [-0.4, -0.2) is 30.1 Å². The zero-order valence-corrected chi connectivity index (χ0v) is 12.4. The molecule has 0 aliphatic carbocycles. The lowest BCUT2D eigenvalue weighted by atomic mass is 9.98. The molecule has 1 heterocycles. The smallest absolute Gasteiger partial charge is 0.101 e. The van der Waals surface area contributed by atoms with E-state index in [0.29, 0.717) is 0 Å². The summed E-state index contributed by atoms with van der Waals surface area (Å²) in [5, 5.41) is 8.89. The Morgan fingerprint density at radius 1 is 1.20 bits per heavy atom. The van der Waals surface area contributed by atoms with E-state index in [2.05, 4.69) is 35.2 Å². The summed E-state index contributed by atoms with van der Waals surface area (Å²) in [6.07, 6.45) is 5.26. The van der Waals surface area contributed by atoms with E-state index in [1.807, 2.05) is 6.92 Å². The molecule has 0 amide bonds. The van der Waals surface area contributed by atoms with Gasteiger partial charge in [0.15, 0.2) is 0 Å². The van der Waals surface area contributed by atoms with E-state index >= 15 is 0 Å². The van der Waals surface area contributed by atoms with Crippen molar-refractivity contribution in [3.63, 3.8) is 0 Å². The highest BCUT2D eigenvalue weighted by atomic mass is 15.1. The highest BCUT2D eigenvalue weighted by Crippen LogP contribution is 2.16. The van der Waals surface area contributed by atoms with Crippen LogP contribution in [0.25, 0.3) is 0 Å². The summed E-state index contributed by atoms with van der Waals surface area (Å²) >= 11 is 0. The lowest BCUT2D eigenvalue weighted by Crippen LogP contribution is -2.34. The van der Waals surface area contributed by atoms with Crippen LogP contribution in [0, 0.1) is 11.3 Å². The summed E-state index contributed by atoms with van der Waals surface area (Å²) in [5.41, 5.74) is 8.20. The molecule has 0 fully saturated rings. The van der Waals surface area contributed by atoms with Crippen LogP contribution in [0.3, 0.4) is 0 Å². The minimum Gasteiger partial charge on any atom is -0.314 e. The molecule has 2 rings (SSSR count). The minimum atomic E-state index is -0.658. The predicted molar refractivity (Wildman–Crippen MR) is 82.3 cm³/mol. The molecule has 0 spiro atoms. The van der Waals surface area contributed by atoms with Gasteiger partial charge in [0.25, 0.3) is 0 Å². The summed E-state index contributed by atoms with van der Waals surface area (Å²) < 4.78 is 0. The van der Waals surface area contributed by atoms with Crippen molar-refractivity contribution in [2.45, 2.75) is 44.6 Å². The summed E-state index contributed by atoms with van der Waals surface area (Å²) in [4.78, 5) is 2.54. The molecule has 0 saturated carbocycles. The van der Waals surface area contributed by atoms with Crippen LogP contribution in [0.15, 0.2) is 24.3 Å². The number of rotatable bonds is 5. The molecular formula is C17H25N3. The van der Waals surface area contributed by atoms with Crippen molar-refractivity contribution in [3.05, 3.63) is 35.4 Å². The first kappa shape index (κ1) is 15.0. The summed E-state index contributed by atoms with van der Waals surface area (Å²) in [6.45, 7) is 5.23. The molecular weight excluding hydrogens is 246 g/mol. The fourth-order valence-electron chi connectivity index (χ4n) is 2.82. The van der Waals surface area contributed by atoms with Gasteiger partial charge in [-0.05, 0) is 56.7 Å². The van der Waals surface area contributed by atoms with Crippen molar-refractivity contribution < 1.29 is 0 Å². The van der Waals surface area contributed by atoms with Gasteiger partial charge >= 0.3 is 0 Å². The third kappa shape index (κ3) is 4.33. The first-order valence-corrected chi connectivity index (χ1v) is 7.60. The molecule has 20 heavy (non-hydrogen) atoms. The van der Waals surface area contributed by atoms with Gasteiger partial charge in [-0.2, -0.15) is 5.26 Å². The normalized spacial score (nSPS) is 18.6. The van der Waals surface area contributed by atoms with Crippen LogP contribution in [-0.2, 0) is 12.8 Å². The number of nitriles is 1. The van der Waals surface area contributed by atoms with Crippen molar-refractivity contribution in [1.82, 2.24) is 4.90 Å². The first-order valence-electron chi connectivity index (χ1n) is 7.60. The fraction of sp³-hybridized carbons (Fsp3) is 0.588. The lowest BCUT2D eigenvalue weighted by molar-refractivity contribution is 0.277. The Balaban J connectivity index is 1.73. The zero-order valence-electron chi connectivity index (χ0n) is 12.4. The largest absolute Gasteiger partial charge is 0.314 e. The van der Waals surface area contributed by atoms with Crippen LogP contribution in [0.1, 0.15) is 37.3 Å². The maximum absolute atomic E-state index is 8.89. The second-order valence-corrected chi connectivity index (χ2v) is 6.10. The Kier molecular flexibility index (Phi) is 5.17. The van der Waals surface area contributed by atoms with Crippen molar-refractivity contribution in [2.75, 3.05) is 19.6 Å². The molecule has 3 nitrogen and oxygen atoms in total. The Hall–Kier alpha value is -1.37. The number of unbranched alkanes of at least 4 members (excludes halogenated alkanes) is 1. The molecule has 2 N–H and O–H groups in total. The van der Waals surface area contributed by atoms with Gasteiger partial charge in [0, 0.05) is 13.1 Å². The first-order chi connectivity index (χ1) is 9.61. The van der Waals surface area contributed by atoms with E-state index in [0.717, 1.165) is 51.7 Å². The molecule has 0 radical (unpaired) electrons. The lowest BCUT2D eigenvalue weighted by Gasteiger charge is -2.20. The average molecular weight is 271 g/mol. The predicted octanol–water partition coefficient (Wildman–Crippen LogP) is 2.50. The van der Waals surface area contributed by atoms with Gasteiger partial charge in [-0.1, -0.05) is 24.3 Å². The van der Waals surface area contributed by atoms with E-state index in [1.54, 1.807) is 0 Å². The van der Waals surface area contributed by atoms with Crippen LogP contribution in [0.2, 0.25) is 0 Å². The second-order valence-electron chi connectivity index (χ2n) is 6.10. The minimum absolute atomic E-state index is 0.658. The van der Waals surface area contributed by atoms with Gasteiger partial charge in [0.2, 0.25) is 0 Å². The molecule has 0 bridgehead atoms. The average Bonchev–Trinajstić information content (AvgIpc) is 2.66. The number of hydrogen-bond donors (Lipinski definition) is 1. The number of fused-ring (bicyclic) bond motifs is 1. The van der Waals surface area contributed by atoms with E-state index in [1.165, 1.54) is 11.1 Å². The Labute approximate surface area is 122 Å². The van der Waals surface area contributed by atoms with Crippen LogP contribution in [0.5, 0.6) is 0 Å². The van der Waals surface area contributed by atoms with Crippen LogP contribution >= 0.6 is 0 Å².